The molecule has 1 atom stereocenters. The molecule has 1 aliphatic heterocycles. The minimum atomic E-state index is -0.111. The third kappa shape index (κ3) is 5.22. The highest BCUT2D eigenvalue weighted by Crippen LogP contribution is 2.21. The average molecular weight is 368 g/mol. The number of nitrogens with zero attached hydrogens (tertiary/aromatic N) is 1. The van der Waals surface area contributed by atoms with Crippen LogP contribution in [0.2, 0.25) is 0 Å². The fourth-order valence-electron chi connectivity index (χ4n) is 3.44. The van der Waals surface area contributed by atoms with Gasteiger partial charge in [0.1, 0.15) is 5.75 Å². The van der Waals surface area contributed by atoms with Crippen molar-refractivity contribution in [2.75, 3.05) is 26.2 Å². The zero-order valence-electron chi connectivity index (χ0n) is 15.9. The van der Waals surface area contributed by atoms with Gasteiger partial charge in [-0.15, -0.1) is 0 Å². The van der Waals surface area contributed by atoms with Gasteiger partial charge < -0.3 is 15.0 Å². The number of rotatable bonds is 7. The lowest BCUT2D eigenvalue weighted by Crippen LogP contribution is -2.47. The first kappa shape index (κ1) is 19.2. The monoisotopic (exact) mass is 368 g/mol. The maximum absolute atomic E-state index is 12.5. The van der Waals surface area contributed by atoms with Crippen molar-refractivity contribution in [3.8, 4) is 5.75 Å². The summed E-state index contributed by atoms with van der Waals surface area (Å²) < 4.78 is 5.71. The highest BCUT2D eigenvalue weighted by Gasteiger charge is 2.28. The Morgan fingerprint density at radius 3 is 2.81 bits per heavy atom. The summed E-state index contributed by atoms with van der Waals surface area (Å²) in [6.07, 6.45) is 3.74. The van der Waals surface area contributed by atoms with Crippen LogP contribution in [0.3, 0.4) is 0 Å². The van der Waals surface area contributed by atoms with Crippen LogP contribution in [0.15, 0.2) is 42.5 Å². The fraction of sp³-hybridized carbons (Fsp3) is 0.455. The van der Waals surface area contributed by atoms with Gasteiger partial charge in [0.15, 0.2) is 6.61 Å². The molecule has 5 nitrogen and oxygen atoms in total. The van der Waals surface area contributed by atoms with Gasteiger partial charge in [-0.1, -0.05) is 43.7 Å². The second-order valence-corrected chi connectivity index (χ2v) is 7.12. The van der Waals surface area contributed by atoms with Gasteiger partial charge in [-0.2, -0.15) is 0 Å². The highest BCUT2D eigenvalue weighted by atomic mass is 16.5. The molecule has 1 aliphatic rings. The van der Waals surface area contributed by atoms with E-state index < -0.39 is 0 Å². The SMILES string of the molecule is CCCCNC(=O)C1CCCN(C(=O)COc2ccc3ccccc3c2)C1. The predicted molar refractivity (Wildman–Crippen MR) is 107 cm³/mol. The normalized spacial score (nSPS) is 16.9. The first-order chi connectivity index (χ1) is 13.2. The molecule has 2 amide bonds. The Hall–Kier alpha value is -2.56. The van der Waals surface area contributed by atoms with Gasteiger partial charge in [-0.25, -0.2) is 0 Å². The van der Waals surface area contributed by atoms with Crippen molar-refractivity contribution < 1.29 is 14.3 Å². The maximum Gasteiger partial charge on any atom is 0.260 e. The van der Waals surface area contributed by atoms with Crippen LogP contribution in [0.4, 0.5) is 0 Å². The number of carbonyl (C=O) groups excluding carboxylic acids is 2. The third-order valence-corrected chi connectivity index (χ3v) is 5.06. The van der Waals surface area contributed by atoms with Crippen LogP contribution in [-0.2, 0) is 9.59 Å². The molecule has 0 aliphatic carbocycles. The first-order valence-electron chi connectivity index (χ1n) is 9.84. The number of fused-ring (bicyclic) bond motifs is 1. The first-order valence-corrected chi connectivity index (χ1v) is 9.84. The molecule has 2 aromatic carbocycles. The molecular formula is C22H28N2O3. The van der Waals surface area contributed by atoms with E-state index in [0.717, 1.165) is 36.5 Å². The summed E-state index contributed by atoms with van der Waals surface area (Å²) in [6.45, 7) is 3.99. The number of nitrogens with one attached hydrogen (secondary N) is 1. The Morgan fingerprint density at radius 1 is 1.19 bits per heavy atom. The second kappa shape index (κ2) is 9.40. The van der Waals surface area contributed by atoms with Crippen molar-refractivity contribution in [1.29, 1.82) is 0 Å². The fourth-order valence-corrected chi connectivity index (χ4v) is 3.44. The van der Waals surface area contributed by atoms with Gasteiger partial charge in [0.2, 0.25) is 5.91 Å². The van der Waals surface area contributed by atoms with Gasteiger partial charge in [0.05, 0.1) is 5.92 Å². The highest BCUT2D eigenvalue weighted by molar-refractivity contribution is 5.84. The van der Waals surface area contributed by atoms with Crippen molar-refractivity contribution in [3.05, 3.63) is 42.5 Å². The minimum absolute atomic E-state index is 0.00249. The van der Waals surface area contributed by atoms with Gasteiger partial charge >= 0.3 is 0 Å². The summed E-state index contributed by atoms with van der Waals surface area (Å²) in [7, 11) is 0. The Labute approximate surface area is 160 Å². The second-order valence-electron chi connectivity index (χ2n) is 7.12. The van der Waals surface area contributed by atoms with Crippen LogP contribution in [0, 0.1) is 5.92 Å². The van der Waals surface area contributed by atoms with E-state index in [-0.39, 0.29) is 24.3 Å². The molecule has 0 radical (unpaired) electrons. The summed E-state index contributed by atoms with van der Waals surface area (Å²) in [4.78, 5) is 26.6. The lowest BCUT2D eigenvalue weighted by molar-refractivity contribution is -0.137. The van der Waals surface area contributed by atoms with Crippen molar-refractivity contribution in [2.45, 2.75) is 32.6 Å². The van der Waals surface area contributed by atoms with E-state index >= 15 is 0 Å². The molecule has 0 spiro atoms. The average Bonchev–Trinajstić information content (AvgIpc) is 2.72. The van der Waals surface area contributed by atoms with Crippen LogP contribution >= 0.6 is 0 Å². The molecule has 1 heterocycles. The molecule has 1 fully saturated rings. The molecule has 2 aromatic rings. The van der Waals surface area contributed by atoms with Crippen molar-refractivity contribution >= 4 is 22.6 Å². The molecule has 1 saturated heterocycles. The van der Waals surface area contributed by atoms with Crippen molar-refractivity contribution in [3.63, 3.8) is 0 Å². The summed E-state index contributed by atoms with van der Waals surface area (Å²) in [6, 6.07) is 13.9. The van der Waals surface area contributed by atoms with E-state index in [2.05, 4.69) is 12.2 Å². The lowest BCUT2D eigenvalue weighted by atomic mass is 9.97. The van der Waals surface area contributed by atoms with Gasteiger partial charge in [-0.3, -0.25) is 9.59 Å². The van der Waals surface area contributed by atoms with Crippen LogP contribution in [0.5, 0.6) is 5.75 Å². The molecule has 27 heavy (non-hydrogen) atoms. The van der Waals surface area contributed by atoms with Crippen LogP contribution in [0.25, 0.3) is 10.8 Å². The molecule has 1 unspecified atom stereocenters. The van der Waals surface area contributed by atoms with Gasteiger partial charge in [0.25, 0.3) is 5.91 Å². The Balaban J connectivity index is 1.51. The van der Waals surface area contributed by atoms with Crippen molar-refractivity contribution in [2.24, 2.45) is 5.92 Å². The smallest absolute Gasteiger partial charge is 0.260 e. The molecule has 5 heteroatoms. The van der Waals surface area contributed by atoms with E-state index in [9.17, 15) is 9.59 Å². The topological polar surface area (TPSA) is 58.6 Å². The van der Waals surface area contributed by atoms with E-state index in [4.69, 9.17) is 4.74 Å². The zero-order chi connectivity index (χ0) is 19.1. The predicted octanol–water partition coefficient (Wildman–Crippen LogP) is 3.37. The number of benzene rings is 2. The van der Waals surface area contributed by atoms with Crippen LogP contribution in [0.1, 0.15) is 32.6 Å². The summed E-state index contributed by atoms with van der Waals surface area (Å²) >= 11 is 0. The number of piperidine rings is 1. The Morgan fingerprint density at radius 2 is 2.00 bits per heavy atom. The molecule has 1 N–H and O–H groups in total. The Kier molecular flexibility index (Phi) is 6.69. The number of carbonyl (C=O) groups is 2. The lowest BCUT2D eigenvalue weighted by Gasteiger charge is -2.32. The maximum atomic E-state index is 12.5. The van der Waals surface area contributed by atoms with E-state index in [0.29, 0.717) is 25.4 Å². The number of hydrogen-bond acceptors (Lipinski definition) is 3. The summed E-state index contributed by atoms with van der Waals surface area (Å²) in [5.74, 6) is 0.582. The number of amides is 2. The number of likely N-dealkylation sites (tertiary alicyclic amines) is 1. The van der Waals surface area contributed by atoms with E-state index in [1.54, 1.807) is 4.90 Å². The molecule has 144 valence electrons. The molecule has 3 rings (SSSR count). The molecule has 0 aromatic heterocycles. The van der Waals surface area contributed by atoms with Crippen LogP contribution in [-0.4, -0.2) is 43.0 Å². The number of ether oxygens (including phenoxy) is 1. The van der Waals surface area contributed by atoms with Gasteiger partial charge in [0, 0.05) is 19.6 Å². The standard InChI is InChI=1S/C22H28N2O3/c1-2-3-12-23-22(26)19-9-6-13-24(15-19)21(25)16-27-20-11-10-17-7-4-5-8-18(17)14-20/h4-5,7-8,10-11,14,19H,2-3,6,9,12-13,15-16H2,1H3,(H,23,26). The zero-order valence-corrected chi connectivity index (χ0v) is 15.9. The molecular weight excluding hydrogens is 340 g/mol. The number of hydrogen-bond donors (Lipinski definition) is 1. The summed E-state index contributed by atoms with van der Waals surface area (Å²) in [5, 5.41) is 5.21. The molecule has 0 saturated carbocycles. The van der Waals surface area contributed by atoms with Crippen LogP contribution < -0.4 is 10.1 Å². The number of unbranched alkanes of at least 4 members (excludes halogenated alkanes) is 1. The molecule has 0 bridgehead atoms. The van der Waals surface area contributed by atoms with Gasteiger partial charge in [-0.05, 0) is 42.2 Å². The Bertz CT molecular complexity index is 790. The van der Waals surface area contributed by atoms with Crippen molar-refractivity contribution in [1.82, 2.24) is 10.2 Å². The quantitative estimate of drug-likeness (QED) is 0.762. The third-order valence-electron chi connectivity index (χ3n) is 5.06. The largest absolute Gasteiger partial charge is 0.484 e. The van der Waals surface area contributed by atoms with E-state index in [1.807, 2.05) is 42.5 Å². The summed E-state index contributed by atoms with van der Waals surface area (Å²) in [5.41, 5.74) is 0. The van der Waals surface area contributed by atoms with E-state index in [1.165, 1.54) is 0 Å². The minimum Gasteiger partial charge on any atom is -0.484 e.